The van der Waals surface area contributed by atoms with Crippen molar-refractivity contribution in [3.8, 4) is 5.69 Å². The van der Waals surface area contributed by atoms with Crippen LogP contribution in [0.5, 0.6) is 0 Å². The minimum absolute atomic E-state index is 0.00183. The summed E-state index contributed by atoms with van der Waals surface area (Å²) in [6.07, 6.45) is 6.33. The quantitative estimate of drug-likeness (QED) is 0.435. The number of hydrogen-bond donors (Lipinski definition) is 1. The van der Waals surface area contributed by atoms with Crippen molar-refractivity contribution in [1.82, 2.24) is 23.9 Å². The highest BCUT2D eigenvalue weighted by Crippen LogP contribution is 2.27. The Bertz CT molecular complexity index is 1740. The molecule has 4 aromatic rings. The van der Waals surface area contributed by atoms with Crippen molar-refractivity contribution in [3.05, 3.63) is 94.2 Å². The van der Waals surface area contributed by atoms with Crippen LogP contribution in [0.4, 0.5) is 5.69 Å². The van der Waals surface area contributed by atoms with E-state index in [4.69, 9.17) is 8.22 Å². The summed E-state index contributed by atoms with van der Waals surface area (Å²) in [5, 5.41) is 3.87. The zero-order chi connectivity index (χ0) is 31.1. The first-order chi connectivity index (χ1) is 20.3. The Morgan fingerprint density at radius 1 is 1.16 bits per heavy atom. The predicted molar refractivity (Wildman–Crippen MR) is 148 cm³/mol. The molecule has 0 bridgehead atoms. The maximum atomic E-state index is 12.8. The molecular weight excluding hydrogens is 464 g/mol. The fraction of sp³-hybridized carbons (Fsp3) is 0.276. The highest BCUT2D eigenvalue weighted by molar-refractivity contribution is 5.94. The van der Waals surface area contributed by atoms with Gasteiger partial charge in [0.25, 0.3) is 11.5 Å². The zero-order valence-electron chi connectivity index (χ0n) is 26.7. The van der Waals surface area contributed by atoms with Gasteiger partial charge < -0.3 is 14.8 Å². The van der Waals surface area contributed by atoms with E-state index < -0.39 is 19.9 Å². The number of rotatable bonds is 6. The summed E-state index contributed by atoms with van der Waals surface area (Å²) in [6.45, 7) is -4.03. The second kappa shape index (κ2) is 10.1. The number of fused-ring (bicyclic) bond motifs is 1. The van der Waals surface area contributed by atoms with E-state index in [9.17, 15) is 9.59 Å². The molecule has 190 valence electrons. The van der Waals surface area contributed by atoms with Gasteiger partial charge in [-0.3, -0.25) is 19.1 Å². The van der Waals surface area contributed by atoms with E-state index in [1.165, 1.54) is 12.1 Å². The molecule has 0 saturated heterocycles. The smallest absolute Gasteiger partial charge is 0.257 e. The lowest BCUT2D eigenvalue weighted by Gasteiger charge is -2.26. The molecule has 8 heteroatoms. The Hall–Kier alpha value is -4.17. The second-order valence-corrected chi connectivity index (χ2v) is 9.07. The monoisotopic (exact) mass is 502 g/mol. The van der Waals surface area contributed by atoms with Gasteiger partial charge >= 0.3 is 0 Å². The number of pyridine rings is 2. The third kappa shape index (κ3) is 4.80. The van der Waals surface area contributed by atoms with Crippen LogP contribution in [-0.4, -0.2) is 63.9 Å². The van der Waals surface area contributed by atoms with Crippen molar-refractivity contribution in [2.24, 2.45) is 7.05 Å². The van der Waals surface area contributed by atoms with Crippen LogP contribution in [0.25, 0.3) is 22.3 Å². The van der Waals surface area contributed by atoms with E-state index in [2.05, 4.69) is 27.3 Å². The number of nitrogens with zero attached hydrogens (tertiary/aromatic N) is 5. The number of nitrogens with one attached hydrogen (secondary N) is 1. The zero-order valence-corrected chi connectivity index (χ0v) is 20.7. The lowest BCUT2D eigenvalue weighted by atomic mass is 9.98. The van der Waals surface area contributed by atoms with Crippen LogP contribution in [0.15, 0.2) is 71.8 Å². The number of amides is 1. The summed E-state index contributed by atoms with van der Waals surface area (Å²) in [6, 6.07) is 13.7. The molecule has 1 amide bonds. The Morgan fingerprint density at radius 2 is 1.97 bits per heavy atom. The molecule has 37 heavy (non-hydrogen) atoms. The number of benzene rings is 1. The summed E-state index contributed by atoms with van der Waals surface area (Å²) in [7, 11) is 3.74. The van der Waals surface area contributed by atoms with E-state index >= 15 is 0 Å². The summed E-state index contributed by atoms with van der Waals surface area (Å²) < 4.78 is 48.6. The van der Waals surface area contributed by atoms with E-state index in [0.29, 0.717) is 13.1 Å². The van der Waals surface area contributed by atoms with Gasteiger partial charge in [0.1, 0.15) is 5.65 Å². The van der Waals surface area contributed by atoms with Gasteiger partial charge in [-0.05, 0) is 47.9 Å². The highest BCUT2D eigenvalue weighted by Gasteiger charge is 2.18. The molecular formula is C29H32N6O2. The van der Waals surface area contributed by atoms with E-state index in [1.807, 2.05) is 23.7 Å². The van der Waals surface area contributed by atoms with E-state index in [0.717, 1.165) is 52.2 Å². The molecule has 0 spiro atoms. The Kier molecular flexibility index (Phi) is 4.93. The summed E-state index contributed by atoms with van der Waals surface area (Å²) in [4.78, 5) is 32.4. The van der Waals surface area contributed by atoms with E-state index in [1.54, 1.807) is 42.2 Å². The van der Waals surface area contributed by atoms with Crippen LogP contribution in [0, 0.1) is 0 Å². The number of aryl methyl sites for hydroxylation is 1. The van der Waals surface area contributed by atoms with Crippen LogP contribution in [0.1, 0.15) is 36.3 Å². The molecule has 0 radical (unpaired) electrons. The van der Waals surface area contributed by atoms with Crippen molar-refractivity contribution in [3.63, 3.8) is 0 Å². The highest BCUT2D eigenvalue weighted by atomic mass is 16.2. The number of aromatic nitrogens is 3. The molecule has 0 unspecified atom stereocenters. The third-order valence-corrected chi connectivity index (χ3v) is 6.86. The van der Waals surface area contributed by atoms with Gasteiger partial charge in [-0.1, -0.05) is 18.2 Å². The Labute approximate surface area is 224 Å². The summed E-state index contributed by atoms with van der Waals surface area (Å²) in [5.74, 6) is -1.07. The maximum absolute atomic E-state index is 12.8. The van der Waals surface area contributed by atoms with Crippen LogP contribution in [-0.2, 0) is 13.6 Å². The molecule has 5 rings (SSSR count). The topological polar surface area (TPSA) is 75.4 Å². The summed E-state index contributed by atoms with van der Waals surface area (Å²) in [5.41, 5.74) is 5.20. The standard InChI is InChI=1S/C29H32N6O2/c1-30-23-12-16-35(27(36)17-23)26-9-13-31-28-25(26)18-24(33(28)4)19-34-14-10-21(11-15-34)20-5-7-22(8-6-20)29(37)32(2)3/h5-10,12-13,16-18,30H,11,14-15,19H2,1-4H3/i2D3,3D3. The predicted octanol–water partition coefficient (Wildman–Crippen LogP) is 3.76. The van der Waals surface area contributed by atoms with Crippen molar-refractivity contribution in [1.29, 1.82) is 0 Å². The largest absolute Gasteiger partial charge is 0.388 e. The molecule has 0 saturated carbocycles. The SMILES string of the molecule is [2H]C([2H])([2H])N(C(=O)c1ccc(C2=CCN(Cc3cc4c(-n5ccc(NC)cc5=O)ccnc4n3C)CC2)cc1)C([2H])([2H])[2H]. The lowest BCUT2D eigenvalue weighted by molar-refractivity contribution is 0.0827. The van der Waals surface area contributed by atoms with Gasteiger partial charge in [0.2, 0.25) is 0 Å². The fourth-order valence-electron chi connectivity index (χ4n) is 4.75. The maximum Gasteiger partial charge on any atom is 0.257 e. The lowest BCUT2D eigenvalue weighted by Crippen LogP contribution is -2.28. The molecule has 1 aliphatic rings. The van der Waals surface area contributed by atoms with Crippen molar-refractivity contribution in [2.75, 3.05) is 39.4 Å². The van der Waals surface area contributed by atoms with Crippen LogP contribution in [0.2, 0.25) is 0 Å². The van der Waals surface area contributed by atoms with Crippen LogP contribution in [0.3, 0.4) is 0 Å². The number of carbonyl (C=O) groups is 1. The third-order valence-electron chi connectivity index (χ3n) is 6.86. The fourth-order valence-corrected chi connectivity index (χ4v) is 4.75. The molecule has 1 aromatic carbocycles. The average molecular weight is 503 g/mol. The first-order valence-corrected chi connectivity index (χ1v) is 12.0. The number of carbonyl (C=O) groups excluding carboxylic acids is 1. The van der Waals surface area contributed by atoms with Gasteiger partial charge in [-0.2, -0.15) is 0 Å². The minimum Gasteiger partial charge on any atom is -0.388 e. The second-order valence-electron chi connectivity index (χ2n) is 9.07. The Balaban J connectivity index is 1.31. The van der Waals surface area contributed by atoms with Gasteiger partial charge in [-0.25, -0.2) is 4.98 Å². The van der Waals surface area contributed by atoms with Crippen LogP contribution < -0.4 is 10.9 Å². The molecule has 0 atom stereocenters. The number of hydrogen-bond acceptors (Lipinski definition) is 5. The summed E-state index contributed by atoms with van der Waals surface area (Å²) >= 11 is 0. The van der Waals surface area contributed by atoms with Crippen molar-refractivity contribution >= 4 is 28.2 Å². The first-order valence-electron chi connectivity index (χ1n) is 15.0. The van der Waals surface area contributed by atoms with Gasteiger partial charge in [0.05, 0.1) is 5.69 Å². The molecule has 8 nitrogen and oxygen atoms in total. The molecule has 0 aliphatic carbocycles. The molecule has 3 aromatic heterocycles. The molecule has 1 aliphatic heterocycles. The van der Waals surface area contributed by atoms with Gasteiger partial charge in [0, 0.05) is 96.7 Å². The average Bonchev–Trinajstić information content (AvgIpc) is 3.27. The normalized spacial score (nSPS) is 17.1. The number of anilines is 1. The van der Waals surface area contributed by atoms with Gasteiger partial charge in [-0.15, -0.1) is 0 Å². The van der Waals surface area contributed by atoms with E-state index in [-0.39, 0.29) is 16.0 Å². The van der Waals surface area contributed by atoms with Crippen LogP contribution >= 0.6 is 0 Å². The van der Waals surface area contributed by atoms with Crippen molar-refractivity contribution in [2.45, 2.75) is 13.0 Å². The van der Waals surface area contributed by atoms with Crippen molar-refractivity contribution < 1.29 is 13.0 Å². The molecule has 4 heterocycles. The molecule has 1 N–H and O–H groups in total. The first kappa shape index (κ1) is 18.1. The Morgan fingerprint density at radius 3 is 2.65 bits per heavy atom. The van der Waals surface area contributed by atoms with Gasteiger partial charge in [0.15, 0.2) is 0 Å². The minimum atomic E-state index is -3.09. The molecule has 0 fully saturated rings.